The lowest BCUT2D eigenvalue weighted by atomic mass is 9.86. The van der Waals surface area contributed by atoms with E-state index >= 15 is 0 Å². The van der Waals surface area contributed by atoms with Crippen molar-refractivity contribution in [2.45, 2.75) is 199 Å². The van der Waals surface area contributed by atoms with Crippen LogP contribution >= 0.6 is 0 Å². The largest absolute Gasteiger partial charge is 0.416 e. The standard InChI is InChI=1S/C23H27F3N4O.C22H27F3N4O2S.C22H27F3N4O.C21H25F3N4O/c1-3-15(2)30-13-10-18-20(14-30)27-28-21(18)22(31)29-11-8-16(9-12-29)17-6-4-5-7-19(17)23(24,25)26;1-3-32(2,31)29-13-10-17-19(14-29)26-27-20(17)21(30)28-11-8-15(9-12-28)16-6-4-5-7-18(16)22(23,24)25;1-14(2)29-12-9-17-19(13-29)26-27-20(17)21(30)28-10-7-15(8-11-28)16-5-3-4-6-18(16)22(23,24)25;1-2-27-10-9-16-18(13-27)25-26-19(16)20(29)28-11-7-14(8-12-28)15-5-3-4-6-17(15)21(22,23)24/h4-7,16H,2-3,8-14H2,1H3,(H,27,28);4-7,15H,2-3,8-14H2,1H3,(H,26,27);3-6,14-15H,7-13H2,1-2H3,(H,26,27);3-6,14H,2,7-13H2,1H3,(H,25,26). The second kappa shape index (κ2) is 37.7. The van der Waals surface area contributed by atoms with Crippen molar-refractivity contribution >= 4 is 39.2 Å². The Kier molecular flexibility index (Phi) is 27.8. The lowest BCUT2D eigenvalue weighted by Gasteiger charge is -2.33. The highest BCUT2D eigenvalue weighted by molar-refractivity contribution is 7.98. The maximum absolute atomic E-state index is 13.4. The molecule has 4 N–H and O–H groups in total. The van der Waals surface area contributed by atoms with Gasteiger partial charge in [-0.05, 0) is 180 Å². The average Bonchev–Trinajstić information content (AvgIpc) is 1.54. The molecule has 4 aromatic heterocycles. The van der Waals surface area contributed by atoms with Gasteiger partial charge in [0.1, 0.15) is 0 Å². The Morgan fingerprint density at radius 2 is 0.689 bits per heavy atom. The lowest BCUT2D eigenvalue weighted by Crippen LogP contribution is -2.40. The van der Waals surface area contributed by atoms with Crippen molar-refractivity contribution < 1.29 is 76.1 Å². The molecule has 0 aliphatic carbocycles. The molecule has 8 aromatic rings. The number of nitrogens with zero attached hydrogens (tertiary/aromatic N) is 12. The first kappa shape index (κ1) is 89.9. The third-order valence-corrected chi connectivity index (χ3v) is 27.7. The SMILES string of the molecule is C=C(CC)N1CCc2c(C(=O)N3CCC(c4ccccc4C(F)(F)F)CC3)n[nH]c2C1.C=S(=O)(CC)N1CCc2c(C(=O)N3CCC(c4ccccc4C(F)(F)F)CC3)n[nH]c2C1.CC(C)N1CCc2c(C(=O)N3CCC(c4ccccc4C(F)(F)F)CC3)n[nH]c2C1.CCN1CCc2c(C(=O)N3CCC(c4ccccc4C(F)(F)F)CC3)n[nH]c2C1. The van der Waals surface area contributed by atoms with Crippen molar-refractivity contribution in [3.63, 3.8) is 0 Å². The van der Waals surface area contributed by atoms with E-state index in [0.29, 0.717) is 187 Å². The Hall–Kier alpha value is -9.80. The minimum absolute atomic E-state index is 0.116. The number of carbonyl (C=O) groups excluding carboxylic acids is 4. The monoisotopic (exact) mass is 1730 g/mol. The molecule has 16 rings (SSSR count). The number of allylic oxidation sites excluding steroid dienone is 1. The van der Waals surface area contributed by atoms with Crippen LogP contribution in [0.3, 0.4) is 0 Å². The van der Waals surface area contributed by atoms with Crippen molar-refractivity contribution in [2.24, 2.45) is 0 Å². The molecule has 4 amide bonds. The van der Waals surface area contributed by atoms with Crippen LogP contribution in [0.4, 0.5) is 52.7 Å². The van der Waals surface area contributed by atoms with Crippen LogP contribution in [0, 0.1) is 0 Å². The zero-order valence-corrected chi connectivity index (χ0v) is 70.1. The number of hydrogen-bond acceptors (Lipinski definition) is 12. The molecule has 0 saturated carbocycles. The van der Waals surface area contributed by atoms with Crippen molar-refractivity contribution in [3.8, 4) is 0 Å². The number of nitrogens with one attached hydrogen (secondary N) is 4. The van der Waals surface area contributed by atoms with Gasteiger partial charge in [0.15, 0.2) is 22.8 Å². The van der Waals surface area contributed by atoms with Gasteiger partial charge in [-0.25, -0.2) is 4.31 Å². The Morgan fingerprint density at radius 3 is 0.992 bits per heavy atom. The van der Waals surface area contributed by atoms with Gasteiger partial charge in [-0.1, -0.05) is 100 Å². The summed E-state index contributed by atoms with van der Waals surface area (Å²) in [5.41, 5.74) is 9.32. The number of fused-ring (bicyclic) bond motifs is 4. The van der Waals surface area contributed by atoms with E-state index in [2.05, 4.69) is 95.6 Å². The third kappa shape index (κ3) is 20.2. The molecule has 1 unspecified atom stereocenters. The zero-order valence-electron chi connectivity index (χ0n) is 69.3. The van der Waals surface area contributed by atoms with E-state index in [1.54, 1.807) is 62.1 Å². The molecule has 658 valence electrons. The minimum atomic E-state index is -4.39. The van der Waals surface area contributed by atoms with Gasteiger partial charge in [-0.15, -0.1) is 0 Å². The number of piperidine rings is 4. The van der Waals surface area contributed by atoms with Crippen LogP contribution in [0.2, 0.25) is 0 Å². The average molecular weight is 1730 g/mol. The highest BCUT2D eigenvalue weighted by Crippen LogP contribution is 2.45. The van der Waals surface area contributed by atoms with Crippen LogP contribution < -0.4 is 0 Å². The molecule has 0 bridgehead atoms. The lowest BCUT2D eigenvalue weighted by molar-refractivity contribution is -0.139. The van der Waals surface area contributed by atoms with E-state index in [0.717, 1.165) is 140 Å². The van der Waals surface area contributed by atoms with Crippen molar-refractivity contribution in [1.29, 1.82) is 0 Å². The number of carbonyl (C=O) groups is 4. The normalized spacial score (nSPS) is 18.8. The fraction of sp³-hybridized carbons (Fsp3) is 0.511. The molecule has 8 aliphatic heterocycles. The Bertz CT molecular complexity index is 5130. The summed E-state index contributed by atoms with van der Waals surface area (Å²) in [7, 11) is -2.33. The minimum Gasteiger partial charge on any atom is -0.369 e. The number of benzene rings is 4. The first-order chi connectivity index (χ1) is 58.0. The summed E-state index contributed by atoms with van der Waals surface area (Å²) in [6.07, 6.45) is -9.71. The molecule has 0 radical (unpaired) electrons. The second-order valence-corrected chi connectivity index (χ2v) is 35.6. The van der Waals surface area contributed by atoms with Gasteiger partial charge in [0, 0.05) is 141 Å². The van der Waals surface area contributed by atoms with Crippen LogP contribution in [0.25, 0.3) is 0 Å². The Morgan fingerprint density at radius 1 is 0.402 bits per heavy atom. The van der Waals surface area contributed by atoms with Gasteiger partial charge < -0.3 is 24.5 Å². The highest BCUT2D eigenvalue weighted by Gasteiger charge is 2.43. The van der Waals surface area contributed by atoms with E-state index < -0.39 is 56.7 Å². The number of halogens is 12. The van der Waals surface area contributed by atoms with Crippen LogP contribution in [0.15, 0.2) is 109 Å². The molecule has 4 fully saturated rings. The van der Waals surface area contributed by atoms with Gasteiger partial charge in [-0.3, -0.25) is 53.6 Å². The van der Waals surface area contributed by atoms with Crippen molar-refractivity contribution in [2.75, 3.05) is 90.8 Å². The number of alkyl halides is 12. The predicted octanol–water partition coefficient (Wildman–Crippen LogP) is 16.2. The summed E-state index contributed by atoms with van der Waals surface area (Å²) >= 11 is 0. The molecule has 4 aromatic carbocycles. The molecular weight excluding hydrogens is 1620 g/mol. The number of rotatable bonds is 14. The molecule has 8 aliphatic rings. The zero-order chi connectivity index (χ0) is 87.3. The summed E-state index contributed by atoms with van der Waals surface area (Å²) in [5, 5.41) is 29.1. The smallest absolute Gasteiger partial charge is 0.369 e. The van der Waals surface area contributed by atoms with E-state index in [-0.39, 0.29) is 47.3 Å². The van der Waals surface area contributed by atoms with Gasteiger partial charge in [0.25, 0.3) is 23.6 Å². The quantitative estimate of drug-likeness (QED) is 0.0589. The summed E-state index contributed by atoms with van der Waals surface area (Å²) in [6, 6.07) is 23.4. The first-order valence-electron chi connectivity index (χ1n) is 42.1. The van der Waals surface area contributed by atoms with Gasteiger partial charge in [0.05, 0.1) is 58.1 Å². The Balaban J connectivity index is 0.000000140. The van der Waals surface area contributed by atoms with E-state index in [1.807, 2.05) is 11.2 Å². The van der Waals surface area contributed by atoms with E-state index in [9.17, 15) is 76.1 Å². The molecule has 12 heterocycles. The second-order valence-electron chi connectivity index (χ2n) is 32.9. The topological polar surface area (TPSA) is 226 Å². The van der Waals surface area contributed by atoms with Gasteiger partial charge in [-0.2, -0.15) is 73.1 Å². The number of likely N-dealkylation sites (tertiary alicyclic amines) is 4. The van der Waals surface area contributed by atoms with Gasteiger partial charge >= 0.3 is 24.7 Å². The fourth-order valence-electron chi connectivity index (χ4n) is 18.3. The highest BCUT2D eigenvalue weighted by atomic mass is 32.2. The Labute approximate surface area is 702 Å². The molecule has 4 saturated heterocycles. The van der Waals surface area contributed by atoms with Crippen LogP contribution in [0.5, 0.6) is 0 Å². The number of H-pyrrole nitrogens is 4. The number of likely N-dealkylation sites (N-methyl/N-ethyl adjacent to an activating group) is 1. The third-order valence-electron chi connectivity index (χ3n) is 25.5. The molecule has 21 nitrogen and oxygen atoms in total. The van der Waals surface area contributed by atoms with Crippen LogP contribution in [-0.4, -0.2) is 210 Å². The molecular formula is C88H106F12N16O5S. The van der Waals surface area contributed by atoms with E-state index in [4.69, 9.17) is 0 Å². The fourth-order valence-corrected chi connectivity index (χ4v) is 19.5. The maximum Gasteiger partial charge on any atom is 0.416 e. The molecule has 122 heavy (non-hydrogen) atoms. The van der Waals surface area contributed by atoms with Gasteiger partial charge in [0.2, 0.25) is 0 Å². The number of hydrogen-bond donors (Lipinski definition) is 4. The summed E-state index contributed by atoms with van der Waals surface area (Å²) in [5.74, 6) is 2.88. The van der Waals surface area contributed by atoms with Crippen molar-refractivity contribution in [3.05, 3.63) is 222 Å². The predicted molar refractivity (Wildman–Crippen MR) is 439 cm³/mol. The number of aromatic nitrogens is 8. The summed E-state index contributed by atoms with van der Waals surface area (Å²) in [4.78, 5) is 66.0. The number of aromatic amines is 4. The molecule has 1 atom stereocenters. The van der Waals surface area contributed by atoms with Crippen LogP contribution in [0.1, 0.15) is 248 Å². The van der Waals surface area contributed by atoms with Crippen LogP contribution in [-0.2, 0) is 86.3 Å². The first-order valence-corrected chi connectivity index (χ1v) is 43.9. The summed E-state index contributed by atoms with van der Waals surface area (Å²) < 4.78 is 175. The van der Waals surface area contributed by atoms with E-state index in [1.165, 1.54) is 30.3 Å². The number of amides is 4. The summed E-state index contributed by atoms with van der Waals surface area (Å²) in [6.45, 7) is 24.4. The molecule has 34 heteroatoms. The molecule has 0 spiro atoms. The maximum atomic E-state index is 13.4. The van der Waals surface area contributed by atoms with Crippen molar-refractivity contribution in [1.82, 2.24) is 79.4 Å².